The van der Waals surface area contributed by atoms with Crippen LogP contribution in [-0.4, -0.2) is 25.5 Å². The molecular weight excluding hydrogens is 428 g/mol. The van der Waals surface area contributed by atoms with Gasteiger partial charge < -0.3 is 10.1 Å². The molecule has 2 aromatic carbocycles. The molecule has 0 bridgehead atoms. The van der Waals surface area contributed by atoms with Crippen molar-refractivity contribution in [2.24, 2.45) is 0 Å². The van der Waals surface area contributed by atoms with Crippen molar-refractivity contribution in [2.75, 3.05) is 5.32 Å². The third-order valence-corrected chi connectivity index (χ3v) is 4.53. The standard InChI is InChI=1S/C21H16ClF2N5O2/c22-16-12-29(11-14-4-2-1-3-5-14)27-20(16)25-21(30)18-8-9-28(26-18)13-31-19-7-6-15(23)10-17(19)24/h1-10,12H,11,13H2,(H,25,27,30). The van der Waals surface area contributed by atoms with Gasteiger partial charge in [0.05, 0.1) is 6.54 Å². The summed E-state index contributed by atoms with van der Waals surface area (Å²) in [5.41, 5.74) is 1.13. The molecule has 10 heteroatoms. The number of amides is 1. The maximum atomic E-state index is 13.6. The molecule has 4 aromatic rings. The van der Waals surface area contributed by atoms with Gasteiger partial charge in [-0.2, -0.15) is 10.2 Å². The zero-order valence-corrected chi connectivity index (χ0v) is 16.8. The molecule has 0 atom stereocenters. The van der Waals surface area contributed by atoms with E-state index in [-0.39, 0.29) is 24.0 Å². The normalized spacial score (nSPS) is 10.8. The van der Waals surface area contributed by atoms with Crippen molar-refractivity contribution in [2.45, 2.75) is 13.3 Å². The molecule has 0 radical (unpaired) electrons. The summed E-state index contributed by atoms with van der Waals surface area (Å²) < 4.78 is 34.8. The van der Waals surface area contributed by atoms with Gasteiger partial charge in [-0.1, -0.05) is 41.9 Å². The van der Waals surface area contributed by atoms with E-state index in [1.165, 1.54) is 23.0 Å². The van der Waals surface area contributed by atoms with Gasteiger partial charge in [0.25, 0.3) is 5.91 Å². The first kappa shape index (κ1) is 20.5. The van der Waals surface area contributed by atoms with Crippen LogP contribution in [-0.2, 0) is 13.3 Å². The van der Waals surface area contributed by atoms with Crippen LogP contribution in [0.3, 0.4) is 0 Å². The molecule has 0 aliphatic heterocycles. The van der Waals surface area contributed by atoms with E-state index in [9.17, 15) is 13.6 Å². The Morgan fingerprint density at radius 2 is 1.87 bits per heavy atom. The third-order valence-electron chi connectivity index (χ3n) is 4.26. The van der Waals surface area contributed by atoms with Crippen LogP contribution in [0.15, 0.2) is 67.0 Å². The highest BCUT2D eigenvalue weighted by atomic mass is 35.5. The Hall–Kier alpha value is -3.72. The van der Waals surface area contributed by atoms with Gasteiger partial charge in [0.2, 0.25) is 0 Å². The van der Waals surface area contributed by atoms with Crippen LogP contribution in [0.25, 0.3) is 0 Å². The Kier molecular flexibility index (Phi) is 5.94. The average Bonchev–Trinajstić information content (AvgIpc) is 3.35. The fourth-order valence-electron chi connectivity index (χ4n) is 2.79. The molecule has 31 heavy (non-hydrogen) atoms. The number of hydrogen-bond donors (Lipinski definition) is 1. The first-order valence-corrected chi connectivity index (χ1v) is 9.55. The predicted molar refractivity (Wildman–Crippen MR) is 110 cm³/mol. The second-order valence-electron chi connectivity index (χ2n) is 6.55. The fraction of sp³-hybridized carbons (Fsp3) is 0.0952. The van der Waals surface area contributed by atoms with E-state index < -0.39 is 17.5 Å². The highest BCUT2D eigenvalue weighted by Crippen LogP contribution is 2.21. The summed E-state index contributed by atoms with van der Waals surface area (Å²) in [7, 11) is 0. The molecule has 0 saturated heterocycles. The van der Waals surface area contributed by atoms with E-state index in [1.807, 2.05) is 30.3 Å². The highest BCUT2D eigenvalue weighted by molar-refractivity contribution is 6.33. The zero-order valence-electron chi connectivity index (χ0n) is 16.0. The van der Waals surface area contributed by atoms with Crippen molar-refractivity contribution in [3.05, 3.63) is 94.9 Å². The minimum Gasteiger partial charge on any atom is -0.468 e. The lowest BCUT2D eigenvalue weighted by Crippen LogP contribution is -2.15. The molecule has 4 rings (SSSR count). The van der Waals surface area contributed by atoms with Crippen LogP contribution in [0.5, 0.6) is 5.75 Å². The summed E-state index contributed by atoms with van der Waals surface area (Å²) >= 11 is 6.19. The second kappa shape index (κ2) is 8.97. The van der Waals surface area contributed by atoms with Crippen LogP contribution in [0.4, 0.5) is 14.6 Å². The number of rotatable bonds is 7. The van der Waals surface area contributed by atoms with Crippen molar-refractivity contribution < 1.29 is 18.3 Å². The number of carbonyl (C=O) groups is 1. The van der Waals surface area contributed by atoms with Crippen LogP contribution in [0, 0.1) is 11.6 Å². The predicted octanol–water partition coefficient (Wildman–Crippen LogP) is 4.35. The summed E-state index contributed by atoms with van der Waals surface area (Å²) in [4.78, 5) is 12.5. The molecule has 0 aliphatic carbocycles. The molecule has 2 aromatic heterocycles. The summed E-state index contributed by atoms with van der Waals surface area (Å²) in [5.74, 6) is -1.96. The number of nitrogens with one attached hydrogen (secondary N) is 1. The van der Waals surface area contributed by atoms with Crippen molar-refractivity contribution in [3.63, 3.8) is 0 Å². The second-order valence-corrected chi connectivity index (χ2v) is 6.96. The summed E-state index contributed by atoms with van der Waals surface area (Å²) in [6, 6.07) is 14.1. The van der Waals surface area contributed by atoms with Crippen molar-refractivity contribution in [1.82, 2.24) is 19.6 Å². The Labute approximate surface area is 180 Å². The largest absolute Gasteiger partial charge is 0.468 e. The Morgan fingerprint density at radius 1 is 1.06 bits per heavy atom. The SMILES string of the molecule is O=C(Nc1nn(Cc2ccccc2)cc1Cl)c1ccn(COc2ccc(F)cc2F)n1. The summed E-state index contributed by atoms with van der Waals surface area (Å²) in [6.45, 7) is 0.338. The molecule has 2 heterocycles. The van der Waals surface area contributed by atoms with Gasteiger partial charge in [-0.15, -0.1) is 0 Å². The summed E-state index contributed by atoms with van der Waals surface area (Å²) in [6.07, 6.45) is 3.11. The first-order valence-electron chi connectivity index (χ1n) is 9.17. The van der Waals surface area contributed by atoms with E-state index in [0.717, 1.165) is 17.7 Å². The van der Waals surface area contributed by atoms with Gasteiger partial charge in [0.15, 0.2) is 29.8 Å². The number of halogens is 3. The van der Waals surface area contributed by atoms with Crippen LogP contribution in [0.1, 0.15) is 16.1 Å². The first-order chi connectivity index (χ1) is 15.0. The number of carbonyl (C=O) groups excluding carboxylic acids is 1. The molecule has 0 saturated carbocycles. The molecule has 1 N–H and O–H groups in total. The fourth-order valence-corrected chi connectivity index (χ4v) is 2.99. The van der Waals surface area contributed by atoms with E-state index in [1.54, 1.807) is 10.9 Å². The van der Waals surface area contributed by atoms with Gasteiger partial charge >= 0.3 is 0 Å². The number of benzene rings is 2. The Bertz CT molecular complexity index is 1210. The van der Waals surface area contributed by atoms with Crippen LogP contribution in [0.2, 0.25) is 5.02 Å². The summed E-state index contributed by atoms with van der Waals surface area (Å²) in [5, 5.41) is 11.3. The third kappa shape index (κ3) is 5.07. The topological polar surface area (TPSA) is 74.0 Å². The Morgan fingerprint density at radius 3 is 2.65 bits per heavy atom. The molecule has 158 valence electrons. The number of anilines is 1. The van der Waals surface area contributed by atoms with Crippen LogP contribution >= 0.6 is 11.6 Å². The number of ether oxygens (including phenoxy) is 1. The molecule has 7 nitrogen and oxygen atoms in total. The van der Waals surface area contributed by atoms with E-state index in [2.05, 4.69) is 15.5 Å². The van der Waals surface area contributed by atoms with E-state index in [0.29, 0.717) is 11.6 Å². The van der Waals surface area contributed by atoms with Crippen molar-refractivity contribution >= 4 is 23.3 Å². The smallest absolute Gasteiger partial charge is 0.277 e. The van der Waals surface area contributed by atoms with E-state index >= 15 is 0 Å². The minimum absolute atomic E-state index is 0.0943. The average molecular weight is 444 g/mol. The molecule has 0 aliphatic rings. The monoisotopic (exact) mass is 443 g/mol. The van der Waals surface area contributed by atoms with Crippen molar-refractivity contribution in [1.29, 1.82) is 0 Å². The number of nitrogens with zero attached hydrogens (tertiary/aromatic N) is 4. The lowest BCUT2D eigenvalue weighted by atomic mass is 10.2. The Balaban J connectivity index is 1.38. The van der Waals surface area contributed by atoms with Gasteiger partial charge in [-0.05, 0) is 23.8 Å². The molecule has 0 unspecified atom stereocenters. The highest BCUT2D eigenvalue weighted by Gasteiger charge is 2.15. The molecule has 0 fully saturated rings. The van der Waals surface area contributed by atoms with Crippen molar-refractivity contribution in [3.8, 4) is 5.75 Å². The van der Waals surface area contributed by atoms with Gasteiger partial charge in [-0.3, -0.25) is 9.48 Å². The van der Waals surface area contributed by atoms with Crippen LogP contribution < -0.4 is 10.1 Å². The zero-order chi connectivity index (χ0) is 21.8. The van der Waals surface area contributed by atoms with Gasteiger partial charge in [-0.25, -0.2) is 13.5 Å². The number of aromatic nitrogens is 4. The maximum absolute atomic E-state index is 13.6. The lowest BCUT2D eigenvalue weighted by Gasteiger charge is -2.07. The molecule has 0 spiro atoms. The van der Waals surface area contributed by atoms with Gasteiger partial charge in [0, 0.05) is 18.5 Å². The van der Waals surface area contributed by atoms with Gasteiger partial charge in [0.1, 0.15) is 10.8 Å². The molecule has 1 amide bonds. The molecular formula is C21H16ClF2N5O2. The lowest BCUT2D eigenvalue weighted by molar-refractivity contribution is 0.101. The maximum Gasteiger partial charge on any atom is 0.277 e. The number of hydrogen-bond acceptors (Lipinski definition) is 4. The minimum atomic E-state index is -0.828. The quantitative estimate of drug-likeness (QED) is 0.461. The van der Waals surface area contributed by atoms with E-state index in [4.69, 9.17) is 16.3 Å².